The van der Waals surface area contributed by atoms with Crippen LogP contribution >= 0.6 is 0 Å². The monoisotopic (exact) mass is 281 g/mol. The molecule has 0 unspecified atom stereocenters. The van der Waals surface area contributed by atoms with Gasteiger partial charge in [-0.1, -0.05) is 5.16 Å². The molecule has 114 valence electrons. The van der Waals surface area contributed by atoms with Crippen molar-refractivity contribution in [1.29, 1.82) is 0 Å². The second-order valence-electron chi connectivity index (χ2n) is 7.17. The van der Waals surface area contributed by atoms with Crippen LogP contribution in [0.2, 0.25) is 0 Å². The molecule has 0 bridgehead atoms. The second kappa shape index (κ2) is 5.42. The Kier molecular flexibility index (Phi) is 4.18. The molecule has 2 heterocycles. The minimum Gasteiger partial charge on any atom is -0.338 e. The first-order valence-corrected chi connectivity index (χ1v) is 7.25. The highest BCUT2D eigenvalue weighted by atomic mass is 16.5. The maximum Gasteiger partial charge on any atom is 0.240 e. The minimum absolute atomic E-state index is 0.243. The van der Waals surface area contributed by atoms with Crippen LogP contribution in [0.3, 0.4) is 0 Å². The van der Waals surface area contributed by atoms with Crippen LogP contribution in [0.1, 0.15) is 46.3 Å². The van der Waals surface area contributed by atoms with Crippen molar-refractivity contribution >= 4 is 0 Å². The summed E-state index contributed by atoms with van der Waals surface area (Å²) in [6, 6.07) is 0. The summed E-state index contributed by atoms with van der Waals surface area (Å²) >= 11 is 0. The Morgan fingerprint density at radius 2 is 1.70 bits per heavy atom. The zero-order valence-electron chi connectivity index (χ0n) is 13.3. The maximum absolute atomic E-state index is 5.96. The molecule has 2 N–H and O–H groups in total. The van der Waals surface area contributed by atoms with Crippen LogP contribution in [-0.2, 0) is 12.1 Å². The first-order valence-electron chi connectivity index (χ1n) is 7.25. The Labute approximate surface area is 121 Å². The van der Waals surface area contributed by atoms with Gasteiger partial charge in [-0.05, 0) is 34.6 Å². The van der Waals surface area contributed by atoms with Crippen molar-refractivity contribution in [3.05, 3.63) is 11.7 Å². The Balaban J connectivity index is 1.88. The lowest BCUT2D eigenvalue weighted by Gasteiger charge is -2.41. The molecule has 20 heavy (non-hydrogen) atoms. The van der Waals surface area contributed by atoms with E-state index in [9.17, 15) is 0 Å². The highest BCUT2D eigenvalue weighted by molar-refractivity contribution is 4.99. The smallest absolute Gasteiger partial charge is 0.240 e. The predicted octanol–water partition coefficient (Wildman–Crippen LogP) is 1.18. The molecule has 1 fully saturated rings. The third-order valence-corrected chi connectivity index (χ3v) is 3.72. The number of rotatable bonds is 3. The van der Waals surface area contributed by atoms with Crippen molar-refractivity contribution in [2.75, 3.05) is 26.2 Å². The zero-order chi connectivity index (χ0) is 15.0. The summed E-state index contributed by atoms with van der Waals surface area (Å²) in [5.74, 6) is 1.23. The van der Waals surface area contributed by atoms with E-state index in [1.54, 1.807) is 0 Å². The molecule has 0 aromatic carbocycles. The van der Waals surface area contributed by atoms with E-state index < -0.39 is 5.54 Å². The van der Waals surface area contributed by atoms with Gasteiger partial charge >= 0.3 is 0 Å². The second-order valence-corrected chi connectivity index (χ2v) is 7.17. The molecular formula is C14H27N5O. The van der Waals surface area contributed by atoms with Crippen LogP contribution in [0.25, 0.3) is 0 Å². The van der Waals surface area contributed by atoms with E-state index in [1.807, 2.05) is 13.8 Å². The van der Waals surface area contributed by atoms with E-state index in [0.717, 1.165) is 26.2 Å². The third kappa shape index (κ3) is 3.77. The molecule has 0 spiro atoms. The van der Waals surface area contributed by atoms with Crippen LogP contribution < -0.4 is 5.73 Å². The minimum atomic E-state index is -0.549. The number of nitrogens with two attached hydrogens (primary N) is 1. The summed E-state index contributed by atoms with van der Waals surface area (Å²) in [4.78, 5) is 9.24. The van der Waals surface area contributed by atoms with E-state index in [0.29, 0.717) is 18.3 Å². The molecule has 1 aliphatic rings. The molecule has 6 nitrogen and oxygen atoms in total. The van der Waals surface area contributed by atoms with Crippen LogP contribution in [-0.4, -0.2) is 51.7 Å². The fraction of sp³-hybridized carbons (Fsp3) is 0.857. The first kappa shape index (κ1) is 15.4. The molecule has 0 amide bonds. The van der Waals surface area contributed by atoms with E-state index in [1.165, 1.54) is 0 Å². The quantitative estimate of drug-likeness (QED) is 0.897. The summed E-state index contributed by atoms with van der Waals surface area (Å²) in [6.07, 6.45) is 0. The highest BCUT2D eigenvalue weighted by Gasteiger charge is 2.27. The molecule has 2 rings (SSSR count). The average Bonchev–Trinajstić information content (AvgIpc) is 2.77. The molecule has 0 saturated carbocycles. The molecule has 0 radical (unpaired) electrons. The number of piperazine rings is 1. The van der Waals surface area contributed by atoms with Crippen molar-refractivity contribution in [2.45, 2.75) is 52.2 Å². The lowest BCUT2D eigenvalue weighted by molar-refractivity contribution is 0.0546. The van der Waals surface area contributed by atoms with Gasteiger partial charge in [-0.3, -0.25) is 9.80 Å². The van der Waals surface area contributed by atoms with Gasteiger partial charge in [0.15, 0.2) is 5.82 Å². The van der Waals surface area contributed by atoms with E-state index in [2.05, 4.69) is 40.7 Å². The van der Waals surface area contributed by atoms with Crippen molar-refractivity contribution in [3.8, 4) is 0 Å². The molecular weight excluding hydrogens is 254 g/mol. The summed E-state index contributed by atoms with van der Waals surface area (Å²) in [7, 11) is 0. The van der Waals surface area contributed by atoms with Gasteiger partial charge < -0.3 is 10.3 Å². The molecule has 1 aromatic rings. The fourth-order valence-corrected chi connectivity index (χ4v) is 2.35. The summed E-state index contributed by atoms with van der Waals surface area (Å²) in [5, 5.41) is 3.96. The summed E-state index contributed by atoms with van der Waals surface area (Å²) in [6.45, 7) is 15.5. The van der Waals surface area contributed by atoms with Gasteiger partial charge in [-0.2, -0.15) is 4.98 Å². The fourth-order valence-electron chi connectivity index (χ4n) is 2.35. The normalized spacial score (nSPS) is 19.5. The molecule has 1 aromatic heterocycles. The Morgan fingerprint density at radius 3 is 2.15 bits per heavy atom. The molecule has 1 saturated heterocycles. The number of nitrogens with zero attached hydrogens (tertiary/aromatic N) is 4. The Bertz CT molecular complexity index is 435. The van der Waals surface area contributed by atoms with Gasteiger partial charge in [0.2, 0.25) is 5.89 Å². The number of hydrogen-bond donors (Lipinski definition) is 1. The maximum atomic E-state index is 5.96. The topological polar surface area (TPSA) is 71.4 Å². The van der Waals surface area contributed by atoms with Gasteiger partial charge in [0.1, 0.15) is 0 Å². The Hall–Kier alpha value is -0.980. The van der Waals surface area contributed by atoms with Crippen LogP contribution in [0.15, 0.2) is 4.52 Å². The van der Waals surface area contributed by atoms with Crippen LogP contribution in [0, 0.1) is 0 Å². The lowest BCUT2D eigenvalue weighted by Crippen LogP contribution is -2.53. The Morgan fingerprint density at radius 1 is 1.10 bits per heavy atom. The SMILES string of the molecule is CC(C)(N)c1noc(CN2CCN(C(C)(C)C)CC2)n1. The van der Waals surface area contributed by atoms with Crippen molar-refractivity contribution in [2.24, 2.45) is 5.73 Å². The van der Waals surface area contributed by atoms with E-state index >= 15 is 0 Å². The summed E-state index contributed by atoms with van der Waals surface area (Å²) < 4.78 is 5.29. The van der Waals surface area contributed by atoms with Gasteiger partial charge in [0.05, 0.1) is 12.1 Å². The highest BCUT2D eigenvalue weighted by Crippen LogP contribution is 2.18. The van der Waals surface area contributed by atoms with Gasteiger partial charge in [-0.25, -0.2) is 0 Å². The van der Waals surface area contributed by atoms with E-state index in [-0.39, 0.29) is 5.54 Å². The largest absolute Gasteiger partial charge is 0.338 e. The first-order chi connectivity index (χ1) is 9.16. The average molecular weight is 281 g/mol. The predicted molar refractivity (Wildman–Crippen MR) is 78.1 cm³/mol. The molecule has 1 aliphatic heterocycles. The third-order valence-electron chi connectivity index (χ3n) is 3.72. The van der Waals surface area contributed by atoms with Crippen LogP contribution in [0.4, 0.5) is 0 Å². The zero-order valence-corrected chi connectivity index (χ0v) is 13.3. The number of hydrogen-bond acceptors (Lipinski definition) is 6. The van der Waals surface area contributed by atoms with Crippen molar-refractivity contribution < 1.29 is 4.52 Å². The molecule has 6 heteroatoms. The van der Waals surface area contributed by atoms with Crippen LogP contribution in [0.5, 0.6) is 0 Å². The van der Waals surface area contributed by atoms with Crippen molar-refractivity contribution in [1.82, 2.24) is 19.9 Å². The van der Waals surface area contributed by atoms with E-state index in [4.69, 9.17) is 10.3 Å². The van der Waals surface area contributed by atoms with Gasteiger partial charge in [-0.15, -0.1) is 0 Å². The summed E-state index contributed by atoms with van der Waals surface area (Å²) in [5.41, 5.74) is 5.66. The lowest BCUT2D eigenvalue weighted by atomic mass is 10.1. The van der Waals surface area contributed by atoms with Gasteiger partial charge in [0.25, 0.3) is 0 Å². The number of aromatic nitrogens is 2. The van der Waals surface area contributed by atoms with Gasteiger partial charge in [0, 0.05) is 31.7 Å². The molecule has 0 aliphatic carbocycles. The standard InChI is InChI=1S/C14H27N5O/c1-13(2,3)19-8-6-18(7-9-19)10-11-16-12(17-20-11)14(4,5)15/h6-10,15H2,1-5H3. The molecule has 0 atom stereocenters. The van der Waals surface area contributed by atoms with Crippen molar-refractivity contribution in [3.63, 3.8) is 0 Å².